The van der Waals surface area contributed by atoms with Crippen molar-refractivity contribution in [1.82, 2.24) is 10.6 Å². The third-order valence-corrected chi connectivity index (χ3v) is 7.09. The predicted molar refractivity (Wildman–Crippen MR) is 128 cm³/mol. The number of aliphatic carboxylic acids is 1. The van der Waals surface area contributed by atoms with E-state index in [2.05, 4.69) is 22.8 Å². The zero-order valence-corrected chi connectivity index (χ0v) is 19.5. The van der Waals surface area contributed by atoms with Crippen molar-refractivity contribution in [2.75, 3.05) is 6.61 Å². The summed E-state index contributed by atoms with van der Waals surface area (Å²) < 4.78 is 5.56. The second-order valence-corrected chi connectivity index (χ2v) is 9.17. The molecule has 0 heterocycles. The van der Waals surface area contributed by atoms with Gasteiger partial charge in [-0.15, -0.1) is 0 Å². The topological polar surface area (TPSA) is 105 Å². The predicted octanol–water partition coefficient (Wildman–Crippen LogP) is 4.45. The number of nitrogens with one attached hydrogen (secondary N) is 2. The van der Waals surface area contributed by atoms with Crippen LogP contribution >= 0.6 is 0 Å². The second kappa shape index (κ2) is 10.7. The van der Waals surface area contributed by atoms with E-state index in [0.29, 0.717) is 5.92 Å². The number of hydrogen-bond donors (Lipinski definition) is 3. The van der Waals surface area contributed by atoms with E-state index in [1.54, 1.807) is 0 Å². The van der Waals surface area contributed by atoms with Gasteiger partial charge in [-0.1, -0.05) is 61.9 Å². The molecule has 2 aliphatic carbocycles. The van der Waals surface area contributed by atoms with Crippen molar-refractivity contribution in [3.05, 3.63) is 59.7 Å². The molecule has 7 nitrogen and oxygen atoms in total. The molecule has 0 saturated heterocycles. The van der Waals surface area contributed by atoms with Gasteiger partial charge in [-0.2, -0.15) is 0 Å². The van der Waals surface area contributed by atoms with Crippen molar-refractivity contribution < 1.29 is 24.2 Å². The van der Waals surface area contributed by atoms with Crippen LogP contribution < -0.4 is 10.6 Å². The molecule has 0 spiro atoms. The van der Waals surface area contributed by atoms with Crippen LogP contribution in [0.5, 0.6) is 0 Å². The van der Waals surface area contributed by atoms with Crippen LogP contribution in [-0.4, -0.2) is 41.8 Å². The van der Waals surface area contributed by atoms with Crippen LogP contribution in [-0.2, 0) is 14.3 Å². The lowest BCUT2D eigenvalue weighted by atomic mass is 9.78. The van der Waals surface area contributed by atoms with E-state index < -0.39 is 18.1 Å². The standard InChI is InChI=1S/C27H32N2O5/c1-2-23(17-8-7-9-17)28-26(32)24(14-15-25(30)31)29-27(33)34-16-22-20-12-5-3-10-18(20)19-11-4-6-13-21(19)22/h3-6,10-13,17,22-24H,2,7-9,14-16H2,1H3,(H,28,32)(H,29,33)(H,30,31). The number of carboxylic acid groups (broad SMARTS) is 1. The van der Waals surface area contributed by atoms with Gasteiger partial charge in [0.25, 0.3) is 0 Å². The SMILES string of the molecule is CCC(NC(=O)C(CCC(=O)O)NC(=O)OCC1c2ccccc2-c2ccccc21)C1CCC1. The minimum atomic E-state index is -1.02. The second-order valence-electron chi connectivity index (χ2n) is 9.17. The molecule has 1 fully saturated rings. The summed E-state index contributed by atoms with van der Waals surface area (Å²) >= 11 is 0. The fourth-order valence-electron chi connectivity index (χ4n) is 5.00. The van der Waals surface area contributed by atoms with Crippen LogP contribution in [0.4, 0.5) is 4.79 Å². The molecule has 2 amide bonds. The maximum atomic E-state index is 12.9. The fraction of sp³-hybridized carbons (Fsp3) is 0.444. The zero-order valence-electron chi connectivity index (χ0n) is 19.5. The largest absolute Gasteiger partial charge is 0.481 e. The first-order chi connectivity index (χ1) is 16.5. The molecule has 0 bridgehead atoms. The van der Waals surface area contributed by atoms with Crippen molar-refractivity contribution in [2.45, 2.75) is 63.5 Å². The summed E-state index contributed by atoms with van der Waals surface area (Å²) in [6.45, 7) is 2.15. The highest BCUT2D eigenvalue weighted by Gasteiger charge is 2.32. The Kier molecular flexibility index (Phi) is 7.50. The Bertz CT molecular complexity index is 1000. The lowest BCUT2D eigenvalue weighted by Gasteiger charge is -2.34. The molecule has 180 valence electrons. The van der Waals surface area contributed by atoms with Crippen LogP contribution in [0.15, 0.2) is 48.5 Å². The van der Waals surface area contributed by atoms with E-state index in [-0.39, 0.29) is 37.3 Å². The Morgan fingerprint density at radius 2 is 1.62 bits per heavy atom. The Hall–Kier alpha value is -3.35. The molecule has 0 aromatic heterocycles. The number of hydrogen-bond acceptors (Lipinski definition) is 4. The fourth-order valence-corrected chi connectivity index (χ4v) is 5.00. The summed E-state index contributed by atoms with van der Waals surface area (Å²) in [5, 5.41) is 14.7. The number of carbonyl (C=O) groups is 3. The number of rotatable bonds is 10. The summed E-state index contributed by atoms with van der Waals surface area (Å²) in [6.07, 6.45) is 3.19. The molecule has 2 unspecified atom stereocenters. The normalized spacial score (nSPS) is 16.5. The molecule has 2 atom stereocenters. The summed E-state index contributed by atoms with van der Waals surface area (Å²) in [6, 6.07) is 15.2. The minimum Gasteiger partial charge on any atom is -0.481 e. The molecule has 2 aromatic rings. The van der Waals surface area contributed by atoms with E-state index in [1.807, 2.05) is 43.3 Å². The molecular weight excluding hydrogens is 432 g/mol. The lowest BCUT2D eigenvalue weighted by molar-refractivity contribution is -0.137. The van der Waals surface area contributed by atoms with Crippen LogP contribution in [0.1, 0.15) is 62.5 Å². The zero-order chi connectivity index (χ0) is 24.1. The van der Waals surface area contributed by atoms with E-state index in [1.165, 1.54) is 0 Å². The van der Waals surface area contributed by atoms with Gasteiger partial charge < -0.3 is 20.5 Å². The Morgan fingerprint density at radius 3 is 2.15 bits per heavy atom. The van der Waals surface area contributed by atoms with Gasteiger partial charge in [0.15, 0.2) is 0 Å². The van der Waals surface area contributed by atoms with Gasteiger partial charge in [0, 0.05) is 18.4 Å². The number of carboxylic acids is 1. The maximum absolute atomic E-state index is 12.9. The molecule has 4 rings (SSSR count). The van der Waals surface area contributed by atoms with Gasteiger partial charge in [0.1, 0.15) is 12.6 Å². The first-order valence-corrected chi connectivity index (χ1v) is 12.1. The van der Waals surface area contributed by atoms with Gasteiger partial charge in [-0.25, -0.2) is 4.79 Å². The molecule has 2 aliphatic rings. The van der Waals surface area contributed by atoms with Gasteiger partial charge >= 0.3 is 12.1 Å². The number of amides is 2. The molecule has 1 saturated carbocycles. The van der Waals surface area contributed by atoms with Crippen molar-refractivity contribution in [1.29, 1.82) is 0 Å². The average Bonchev–Trinajstić information content (AvgIpc) is 3.12. The Labute approximate surface area is 199 Å². The van der Waals surface area contributed by atoms with Crippen LogP contribution in [0, 0.1) is 5.92 Å². The molecule has 34 heavy (non-hydrogen) atoms. The number of ether oxygens (including phenoxy) is 1. The summed E-state index contributed by atoms with van der Waals surface area (Å²) in [5.74, 6) is -1.01. The van der Waals surface area contributed by atoms with Crippen molar-refractivity contribution in [3.63, 3.8) is 0 Å². The molecule has 0 radical (unpaired) electrons. The highest BCUT2D eigenvalue weighted by atomic mass is 16.5. The maximum Gasteiger partial charge on any atom is 0.407 e. The molecule has 3 N–H and O–H groups in total. The highest BCUT2D eigenvalue weighted by Crippen LogP contribution is 2.44. The summed E-state index contributed by atoms with van der Waals surface area (Å²) in [7, 11) is 0. The molecule has 2 aromatic carbocycles. The summed E-state index contributed by atoms with van der Waals surface area (Å²) in [5.41, 5.74) is 4.46. The van der Waals surface area contributed by atoms with Gasteiger partial charge in [0.05, 0.1) is 0 Å². The van der Waals surface area contributed by atoms with E-state index in [0.717, 1.165) is 47.9 Å². The third kappa shape index (κ3) is 5.24. The van der Waals surface area contributed by atoms with Crippen molar-refractivity contribution in [2.24, 2.45) is 5.92 Å². The van der Waals surface area contributed by atoms with Gasteiger partial charge in [-0.05, 0) is 53.9 Å². The smallest absolute Gasteiger partial charge is 0.407 e. The molecular formula is C27H32N2O5. The van der Waals surface area contributed by atoms with Gasteiger partial charge in [0.2, 0.25) is 5.91 Å². The molecule has 0 aliphatic heterocycles. The highest BCUT2D eigenvalue weighted by molar-refractivity contribution is 5.86. The van der Waals surface area contributed by atoms with Crippen molar-refractivity contribution >= 4 is 18.0 Å². The van der Waals surface area contributed by atoms with Crippen LogP contribution in [0.2, 0.25) is 0 Å². The number of alkyl carbamates (subject to hydrolysis) is 1. The van der Waals surface area contributed by atoms with E-state index >= 15 is 0 Å². The monoisotopic (exact) mass is 464 g/mol. The number of benzene rings is 2. The Morgan fingerprint density at radius 1 is 1.00 bits per heavy atom. The third-order valence-electron chi connectivity index (χ3n) is 7.09. The van der Waals surface area contributed by atoms with Crippen LogP contribution in [0.3, 0.4) is 0 Å². The average molecular weight is 465 g/mol. The number of carbonyl (C=O) groups excluding carboxylic acids is 2. The first kappa shape index (κ1) is 23.8. The lowest BCUT2D eigenvalue weighted by Crippen LogP contribution is -2.52. The van der Waals surface area contributed by atoms with E-state index in [4.69, 9.17) is 9.84 Å². The summed E-state index contributed by atoms with van der Waals surface area (Å²) in [4.78, 5) is 36.7. The van der Waals surface area contributed by atoms with Gasteiger partial charge in [-0.3, -0.25) is 9.59 Å². The Balaban J connectivity index is 1.39. The van der Waals surface area contributed by atoms with Crippen molar-refractivity contribution in [3.8, 4) is 11.1 Å². The van der Waals surface area contributed by atoms with Crippen LogP contribution in [0.25, 0.3) is 11.1 Å². The van der Waals surface area contributed by atoms with E-state index in [9.17, 15) is 14.4 Å². The first-order valence-electron chi connectivity index (χ1n) is 12.1. The molecule has 7 heteroatoms. The number of fused-ring (bicyclic) bond motifs is 3. The quantitative estimate of drug-likeness (QED) is 0.482. The minimum absolute atomic E-state index is 0.00641.